The van der Waals surface area contributed by atoms with Crippen molar-refractivity contribution >= 4 is 11.9 Å². The van der Waals surface area contributed by atoms with Gasteiger partial charge in [0.15, 0.2) is 0 Å². The van der Waals surface area contributed by atoms with Crippen LogP contribution < -0.4 is 0 Å². The summed E-state index contributed by atoms with van der Waals surface area (Å²) >= 11 is 0. The largest absolute Gasteiger partial charge is 0.460 e. The highest BCUT2D eigenvalue weighted by molar-refractivity contribution is 5.76. The summed E-state index contributed by atoms with van der Waals surface area (Å²) in [5.41, 5.74) is -0.482. The number of rotatable bonds is 5. The van der Waals surface area contributed by atoms with Gasteiger partial charge in [0.05, 0.1) is 7.11 Å². The first-order valence-corrected chi connectivity index (χ1v) is 5.68. The molecule has 0 aromatic rings. The fraction of sp³-hybridized carbons (Fsp3) is 0.833. The van der Waals surface area contributed by atoms with Crippen molar-refractivity contribution in [2.24, 2.45) is 5.92 Å². The zero-order valence-corrected chi connectivity index (χ0v) is 11.6. The fourth-order valence-electron chi connectivity index (χ4n) is 1.27. The molecule has 0 aliphatic rings. The molecule has 5 nitrogen and oxygen atoms in total. The summed E-state index contributed by atoms with van der Waals surface area (Å²) in [6.07, 6.45) is 0.504. The molecular weight excluding hydrogens is 222 g/mol. The number of amides is 1. The van der Waals surface area contributed by atoms with E-state index in [0.717, 1.165) is 5.06 Å². The minimum atomic E-state index is -0.482. The van der Waals surface area contributed by atoms with Gasteiger partial charge in [0.25, 0.3) is 0 Å². The van der Waals surface area contributed by atoms with Gasteiger partial charge in [0.2, 0.25) is 5.91 Å². The van der Waals surface area contributed by atoms with E-state index < -0.39 is 5.60 Å². The number of hydroxylamine groups is 2. The summed E-state index contributed by atoms with van der Waals surface area (Å²) in [7, 11) is 2.97. The van der Waals surface area contributed by atoms with E-state index in [0.29, 0.717) is 0 Å². The molecule has 0 radical (unpaired) electrons. The lowest BCUT2D eigenvalue weighted by molar-refractivity contribution is -0.170. The molecule has 17 heavy (non-hydrogen) atoms. The normalized spacial score (nSPS) is 13.1. The molecule has 0 fully saturated rings. The van der Waals surface area contributed by atoms with Crippen LogP contribution in [0.4, 0.5) is 0 Å². The maximum atomic E-state index is 11.5. The lowest BCUT2D eigenvalue weighted by atomic mass is 10.0. The Morgan fingerprint density at radius 1 is 1.24 bits per heavy atom. The molecule has 0 heterocycles. The number of carbonyl (C=O) groups is 2. The van der Waals surface area contributed by atoms with Crippen molar-refractivity contribution in [1.29, 1.82) is 0 Å². The van der Waals surface area contributed by atoms with Gasteiger partial charge in [-0.3, -0.25) is 14.4 Å². The Bertz CT molecular complexity index is 270. The molecular formula is C12H23NO4. The quantitative estimate of drug-likeness (QED) is 0.547. The van der Waals surface area contributed by atoms with E-state index in [1.165, 1.54) is 7.11 Å². The second kappa shape index (κ2) is 6.59. The van der Waals surface area contributed by atoms with Gasteiger partial charge < -0.3 is 4.74 Å². The first kappa shape index (κ1) is 15.9. The van der Waals surface area contributed by atoms with Crippen LogP contribution in [0.1, 0.15) is 40.5 Å². The first-order chi connectivity index (χ1) is 7.65. The van der Waals surface area contributed by atoms with E-state index in [2.05, 4.69) is 0 Å². The van der Waals surface area contributed by atoms with E-state index in [9.17, 15) is 9.59 Å². The topological polar surface area (TPSA) is 55.8 Å². The summed E-state index contributed by atoms with van der Waals surface area (Å²) in [6, 6.07) is 0. The lowest BCUT2D eigenvalue weighted by Gasteiger charge is -2.21. The number of hydrogen-bond donors (Lipinski definition) is 0. The van der Waals surface area contributed by atoms with Gasteiger partial charge in [0.1, 0.15) is 5.60 Å². The molecule has 0 aliphatic carbocycles. The number of hydrogen-bond acceptors (Lipinski definition) is 4. The van der Waals surface area contributed by atoms with Crippen LogP contribution in [0.25, 0.3) is 0 Å². The highest BCUT2D eigenvalue weighted by atomic mass is 16.7. The van der Waals surface area contributed by atoms with Crippen molar-refractivity contribution in [3.8, 4) is 0 Å². The minimum Gasteiger partial charge on any atom is -0.460 e. The molecule has 0 saturated heterocycles. The molecule has 0 unspecified atom stereocenters. The van der Waals surface area contributed by atoms with Crippen molar-refractivity contribution in [2.45, 2.75) is 46.1 Å². The van der Waals surface area contributed by atoms with Crippen molar-refractivity contribution in [3.63, 3.8) is 0 Å². The van der Waals surface area contributed by atoms with Crippen LogP contribution in [0.2, 0.25) is 0 Å². The first-order valence-electron chi connectivity index (χ1n) is 5.68. The number of nitrogens with zero attached hydrogens (tertiary/aromatic N) is 1. The summed E-state index contributed by atoms with van der Waals surface area (Å²) in [5, 5.41) is 1.16. The predicted molar refractivity (Wildman–Crippen MR) is 64.0 cm³/mol. The summed E-state index contributed by atoms with van der Waals surface area (Å²) in [5.74, 6) is -0.489. The van der Waals surface area contributed by atoms with Crippen molar-refractivity contribution < 1.29 is 19.2 Å². The third-order valence-corrected chi connectivity index (χ3v) is 2.08. The van der Waals surface area contributed by atoms with Crippen LogP contribution in [-0.2, 0) is 19.2 Å². The zero-order valence-electron chi connectivity index (χ0n) is 11.6. The Balaban J connectivity index is 4.06. The minimum absolute atomic E-state index is 0.0602. The lowest BCUT2D eigenvalue weighted by Crippen LogP contribution is -2.29. The number of esters is 1. The Labute approximate surface area is 103 Å². The Morgan fingerprint density at radius 3 is 2.18 bits per heavy atom. The van der Waals surface area contributed by atoms with Crippen LogP contribution in [0.5, 0.6) is 0 Å². The Hall–Kier alpha value is -1.10. The summed E-state index contributed by atoms with van der Waals surface area (Å²) in [4.78, 5) is 27.8. The Kier molecular flexibility index (Phi) is 6.16. The maximum Gasteiger partial charge on any atom is 0.306 e. The molecule has 5 heteroatoms. The van der Waals surface area contributed by atoms with E-state index in [1.807, 2.05) is 27.7 Å². The van der Waals surface area contributed by atoms with Crippen molar-refractivity contribution in [3.05, 3.63) is 0 Å². The molecule has 100 valence electrons. The van der Waals surface area contributed by atoms with Crippen LogP contribution in [0.3, 0.4) is 0 Å². The molecule has 1 atom stereocenters. The van der Waals surface area contributed by atoms with Gasteiger partial charge in [-0.15, -0.1) is 0 Å². The van der Waals surface area contributed by atoms with Gasteiger partial charge in [-0.1, -0.05) is 6.92 Å². The average molecular weight is 245 g/mol. The molecule has 0 rings (SSSR count). The summed E-state index contributed by atoms with van der Waals surface area (Å²) in [6.45, 7) is 7.30. The monoisotopic (exact) mass is 245 g/mol. The van der Waals surface area contributed by atoms with Gasteiger partial charge in [-0.25, -0.2) is 5.06 Å². The van der Waals surface area contributed by atoms with E-state index >= 15 is 0 Å². The third kappa shape index (κ3) is 7.74. The second-order valence-electron chi connectivity index (χ2n) is 5.17. The zero-order chi connectivity index (χ0) is 13.6. The van der Waals surface area contributed by atoms with Gasteiger partial charge in [0, 0.05) is 19.9 Å². The van der Waals surface area contributed by atoms with Crippen LogP contribution in [0, 0.1) is 5.92 Å². The molecule has 1 amide bonds. The third-order valence-electron chi connectivity index (χ3n) is 2.08. The SMILES string of the molecule is CON(C)C(=O)C[C@H](C)CC(=O)OC(C)(C)C. The van der Waals surface area contributed by atoms with E-state index in [1.54, 1.807) is 7.05 Å². The van der Waals surface area contributed by atoms with E-state index in [4.69, 9.17) is 9.57 Å². The predicted octanol–water partition coefficient (Wildman–Crippen LogP) is 1.76. The molecule has 0 aromatic carbocycles. The number of ether oxygens (including phenoxy) is 1. The van der Waals surface area contributed by atoms with E-state index in [-0.39, 0.29) is 30.6 Å². The van der Waals surface area contributed by atoms with Crippen molar-refractivity contribution in [2.75, 3.05) is 14.2 Å². The fourth-order valence-corrected chi connectivity index (χ4v) is 1.27. The Morgan fingerprint density at radius 2 is 1.76 bits per heavy atom. The molecule has 0 N–H and O–H groups in total. The van der Waals surface area contributed by atoms with Gasteiger partial charge >= 0.3 is 5.97 Å². The van der Waals surface area contributed by atoms with Crippen LogP contribution in [0.15, 0.2) is 0 Å². The van der Waals surface area contributed by atoms with Crippen molar-refractivity contribution in [1.82, 2.24) is 5.06 Å². The van der Waals surface area contributed by atoms with Crippen LogP contribution in [-0.4, -0.2) is 36.7 Å². The van der Waals surface area contributed by atoms with Gasteiger partial charge in [-0.2, -0.15) is 0 Å². The highest BCUT2D eigenvalue weighted by Crippen LogP contribution is 2.14. The average Bonchev–Trinajstić information content (AvgIpc) is 2.12. The summed E-state index contributed by atoms with van der Waals surface area (Å²) < 4.78 is 5.18. The number of carbonyl (C=O) groups excluding carboxylic acids is 2. The maximum absolute atomic E-state index is 11.5. The highest BCUT2D eigenvalue weighted by Gasteiger charge is 2.20. The standard InChI is InChI=1S/C12H23NO4/c1-9(7-10(14)13(5)16-6)8-11(15)17-12(2,3)4/h9H,7-8H2,1-6H3/t9-/m0/s1. The molecule has 0 saturated carbocycles. The molecule has 0 spiro atoms. The molecule has 0 bridgehead atoms. The van der Waals surface area contributed by atoms with Gasteiger partial charge in [-0.05, 0) is 26.7 Å². The molecule has 0 aromatic heterocycles. The van der Waals surface area contributed by atoms with Crippen LogP contribution >= 0.6 is 0 Å². The second-order valence-corrected chi connectivity index (χ2v) is 5.17. The smallest absolute Gasteiger partial charge is 0.306 e. The molecule has 0 aliphatic heterocycles.